The summed E-state index contributed by atoms with van der Waals surface area (Å²) >= 11 is 3.52. The van der Waals surface area contributed by atoms with Crippen molar-refractivity contribution < 1.29 is 0 Å². The van der Waals surface area contributed by atoms with Crippen LogP contribution in [0.25, 0.3) is 0 Å². The summed E-state index contributed by atoms with van der Waals surface area (Å²) in [5, 5.41) is 7.14. The fourth-order valence-electron chi connectivity index (χ4n) is 2.18. The van der Waals surface area contributed by atoms with Crippen molar-refractivity contribution in [1.82, 2.24) is 10.6 Å². The fraction of sp³-hybridized carbons (Fsp3) is 0.500. The van der Waals surface area contributed by atoms with E-state index >= 15 is 0 Å². The van der Waals surface area contributed by atoms with Crippen LogP contribution < -0.4 is 10.6 Å². The van der Waals surface area contributed by atoms with Crippen LogP contribution in [0.2, 0.25) is 0 Å². The lowest BCUT2D eigenvalue weighted by atomic mass is 9.96. The van der Waals surface area contributed by atoms with E-state index in [-0.39, 0.29) is 0 Å². The van der Waals surface area contributed by atoms with E-state index in [0.717, 1.165) is 24.0 Å². The molecular weight excluding hydrogens is 252 g/mol. The molecule has 1 fully saturated rings. The summed E-state index contributed by atoms with van der Waals surface area (Å²) < 4.78 is 1.15. The van der Waals surface area contributed by atoms with Gasteiger partial charge in [-0.15, -0.1) is 0 Å². The first kappa shape index (κ1) is 11.1. The summed E-state index contributed by atoms with van der Waals surface area (Å²) in [6, 6.07) is 9.56. The molecule has 1 saturated heterocycles. The van der Waals surface area contributed by atoms with Crippen LogP contribution in [0, 0.1) is 0 Å². The van der Waals surface area contributed by atoms with Gasteiger partial charge >= 0.3 is 0 Å². The van der Waals surface area contributed by atoms with Crippen LogP contribution in [0.5, 0.6) is 0 Å². The Morgan fingerprint density at radius 3 is 2.87 bits per heavy atom. The molecule has 1 heterocycles. The second kappa shape index (κ2) is 5.10. The molecule has 0 aliphatic carbocycles. The first-order valence-electron chi connectivity index (χ1n) is 5.53. The first-order chi connectivity index (χ1) is 7.31. The molecule has 2 rings (SSSR count). The summed E-state index contributed by atoms with van der Waals surface area (Å²) in [7, 11) is 0. The Hall–Kier alpha value is -0.380. The van der Waals surface area contributed by atoms with Crippen LogP contribution in [0.4, 0.5) is 0 Å². The molecule has 1 aliphatic heterocycles. The van der Waals surface area contributed by atoms with Gasteiger partial charge in [0.2, 0.25) is 0 Å². The Labute approximate surface area is 99.6 Å². The van der Waals surface area contributed by atoms with E-state index in [1.54, 1.807) is 0 Å². The second-order valence-electron chi connectivity index (χ2n) is 3.96. The van der Waals surface area contributed by atoms with Crippen molar-refractivity contribution in [3.63, 3.8) is 0 Å². The van der Waals surface area contributed by atoms with Crippen LogP contribution in [0.15, 0.2) is 28.7 Å². The molecule has 0 spiro atoms. The highest BCUT2D eigenvalue weighted by atomic mass is 79.9. The van der Waals surface area contributed by atoms with Gasteiger partial charge in [-0.25, -0.2) is 0 Å². The van der Waals surface area contributed by atoms with Crippen molar-refractivity contribution in [3.8, 4) is 0 Å². The van der Waals surface area contributed by atoms with E-state index in [1.807, 2.05) is 0 Å². The maximum atomic E-state index is 3.58. The highest BCUT2D eigenvalue weighted by molar-refractivity contribution is 9.10. The SMILES string of the molecule is CCC1NCCNC1c1cccc(Br)c1. The molecule has 1 aromatic rings. The number of nitrogens with one attached hydrogen (secondary N) is 2. The van der Waals surface area contributed by atoms with Crippen LogP contribution >= 0.6 is 15.9 Å². The van der Waals surface area contributed by atoms with E-state index in [2.05, 4.69) is 57.8 Å². The Bertz CT molecular complexity index is 327. The first-order valence-corrected chi connectivity index (χ1v) is 6.33. The summed E-state index contributed by atoms with van der Waals surface area (Å²) in [6.07, 6.45) is 1.16. The van der Waals surface area contributed by atoms with Crippen molar-refractivity contribution in [2.45, 2.75) is 25.4 Å². The lowest BCUT2D eigenvalue weighted by Gasteiger charge is -2.33. The summed E-state index contributed by atoms with van der Waals surface area (Å²) in [4.78, 5) is 0. The molecule has 1 aliphatic rings. The molecule has 2 atom stereocenters. The standard InChI is InChI=1S/C12H17BrN2/c1-2-11-12(15-7-6-14-11)9-4-3-5-10(13)8-9/h3-5,8,11-12,14-15H,2,6-7H2,1H3. The third-order valence-electron chi connectivity index (χ3n) is 2.95. The van der Waals surface area contributed by atoms with Gasteiger partial charge in [0.05, 0.1) is 0 Å². The molecular formula is C12H17BrN2. The van der Waals surface area contributed by atoms with Crippen molar-refractivity contribution >= 4 is 15.9 Å². The van der Waals surface area contributed by atoms with Gasteiger partial charge < -0.3 is 10.6 Å². The van der Waals surface area contributed by atoms with E-state index < -0.39 is 0 Å². The zero-order valence-electron chi connectivity index (χ0n) is 8.96. The minimum atomic E-state index is 0.446. The smallest absolute Gasteiger partial charge is 0.0476 e. The van der Waals surface area contributed by atoms with E-state index in [9.17, 15) is 0 Å². The zero-order valence-corrected chi connectivity index (χ0v) is 10.5. The van der Waals surface area contributed by atoms with E-state index in [1.165, 1.54) is 5.56 Å². The minimum absolute atomic E-state index is 0.446. The van der Waals surface area contributed by atoms with Gasteiger partial charge in [-0.2, -0.15) is 0 Å². The third kappa shape index (κ3) is 2.60. The molecule has 3 heteroatoms. The second-order valence-corrected chi connectivity index (χ2v) is 4.87. The number of hydrogen-bond acceptors (Lipinski definition) is 2. The fourth-order valence-corrected chi connectivity index (χ4v) is 2.59. The topological polar surface area (TPSA) is 24.1 Å². The predicted molar refractivity (Wildman–Crippen MR) is 67.0 cm³/mol. The molecule has 82 valence electrons. The largest absolute Gasteiger partial charge is 0.311 e. The zero-order chi connectivity index (χ0) is 10.7. The Kier molecular flexibility index (Phi) is 3.78. The van der Waals surface area contributed by atoms with Gasteiger partial charge in [0.25, 0.3) is 0 Å². The average molecular weight is 269 g/mol. The van der Waals surface area contributed by atoms with Crippen molar-refractivity contribution in [2.24, 2.45) is 0 Å². The van der Waals surface area contributed by atoms with Crippen LogP contribution in [0.1, 0.15) is 24.9 Å². The molecule has 2 unspecified atom stereocenters. The van der Waals surface area contributed by atoms with Gasteiger partial charge in [0, 0.05) is 29.6 Å². The lowest BCUT2D eigenvalue weighted by molar-refractivity contribution is 0.319. The van der Waals surface area contributed by atoms with Gasteiger partial charge in [-0.05, 0) is 24.1 Å². The number of hydrogen-bond donors (Lipinski definition) is 2. The maximum Gasteiger partial charge on any atom is 0.0476 e. The van der Waals surface area contributed by atoms with Crippen LogP contribution in [0.3, 0.4) is 0 Å². The molecule has 0 bridgehead atoms. The maximum absolute atomic E-state index is 3.58. The lowest BCUT2D eigenvalue weighted by Crippen LogP contribution is -2.50. The highest BCUT2D eigenvalue weighted by Gasteiger charge is 2.23. The number of rotatable bonds is 2. The Balaban J connectivity index is 2.20. The molecule has 2 N–H and O–H groups in total. The summed E-state index contributed by atoms with van der Waals surface area (Å²) in [5.74, 6) is 0. The van der Waals surface area contributed by atoms with E-state index in [4.69, 9.17) is 0 Å². The van der Waals surface area contributed by atoms with Gasteiger partial charge in [0.1, 0.15) is 0 Å². The predicted octanol–water partition coefficient (Wildman–Crippen LogP) is 2.46. The number of piperazine rings is 1. The molecule has 0 radical (unpaired) electrons. The summed E-state index contributed by atoms with van der Waals surface area (Å²) in [6.45, 7) is 4.35. The van der Waals surface area contributed by atoms with Crippen LogP contribution in [-0.4, -0.2) is 19.1 Å². The van der Waals surface area contributed by atoms with Gasteiger partial charge in [0.15, 0.2) is 0 Å². The Morgan fingerprint density at radius 2 is 2.13 bits per heavy atom. The van der Waals surface area contributed by atoms with Crippen LogP contribution in [-0.2, 0) is 0 Å². The highest BCUT2D eigenvalue weighted by Crippen LogP contribution is 2.23. The van der Waals surface area contributed by atoms with Crippen molar-refractivity contribution in [2.75, 3.05) is 13.1 Å². The molecule has 0 saturated carbocycles. The van der Waals surface area contributed by atoms with Crippen molar-refractivity contribution in [3.05, 3.63) is 34.3 Å². The minimum Gasteiger partial charge on any atom is -0.311 e. The normalized spacial score (nSPS) is 26.5. The van der Waals surface area contributed by atoms with Gasteiger partial charge in [-0.3, -0.25) is 0 Å². The molecule has 1 aromatic carbocycles. The summed E-state index contributed by atoms with van der Waals surface area (Å²) in [5.41, 5.74) is 1.36. The molecule has 0 aromatic heterocycles. The molecule has 15 heavy (non-hydrogen) atoms. The molecule has 0 amide bonds. The molecule has 2 nitrogen and oxygen atoms in total. The Morgan fingerprint density at radius 1 is 1.33 bits per heavy atom. The van der Waals surface area contributed by atoms with E-state index in [0.29, 0.717) is 12.1 Å². The number of halogens is 1. The van der Waals surface area contributed by atoms with Crippen molar-refractivity contribution in [1.29, 1.82) is 0 Å². The average Bonchev–Trinajstić information content (AvgIpc) is 2.29. The number of benzene rings is 1. The third-order valence-corrected chi connectivity index (χ3v) is 3.44. The quantitative estimate of drug-likeness (QED) is 0.861. The monoisotopic (exact) mass is 268 g/mol. The van der Waals surface area contributed by atoms with Gasteiger partial charge in [-0.1, -0.05) is 35.0 Å².